The molecule has 0 bridgehead atoms. The predicted octanol–water partition coefficient (Wildman–Crippen LogP) is 5.45. The Morgan fingerprint density at radius 2 is 1.84 bits per heavy atom. The molecule has 0 amide bonds. The van der Waals surface area contributed by atoms with Crippen molar-refractivity contribution in [1.29, 1.82) is 5.26 Å². The van der Waals surface area contributed by atoms with Crippen LogP contribution in [-0.2, 0) is 0 Å². The molecule has 0 aliphatic heterocycles. The van der Waals surface area contributed by atoms with E-state index in [0.29, 0.717) is 33.1 Å². The van der Waals surface area contributed by atoms with Gasteiger partial charge in [0.05, 0.1) is 22.3 Å². The molecule has 25 heavy (non-hydrogen) atoms. The Labute approximate surface area is 155 Å². The van der Waals surface area contributed by atoms with Crippen LogP contribution in [0.4, 0.5) is 23.1 Å². The van der Waals surface area contributed by atoms with Gasteiger partial charge in [-0.3, -0.25) is 0 Å². The zero-order chi connectivity index (χ0) is 17.8. The highest BCUT2D eigenvalue weighted by molar-refractivity contribution is 6.36. The molecule has 1 aromatic heterocycles. The average Bonchev–Trinajstić information content (AvgIpc) is 2.57. The molecule has 0 fully saturated rings. The van der Waals surface area contributed by atoms with Crippen LogP contribution in [-0.4, -0.2) is 9.97 Å². The van der Waals surface area contributed by atoms with E-state index in [9.17, 15) is 0 Å². The molecule has 0 saturated heterocycles. The van der Waals surface area contributed by atoms with E-state index in [2.05, 4.69) is 26.7 Å². The van der Waals surface area contributed by atoms with Gasteiger partial charge in [-0.05, 0) is 43.3 Å². The Morgan fingerprint density at radius 3 is 2.60 bits per heavy atom. The number of anilines is 4. The first-order chi connectivity index (χ1) is 12.0. The molecule has 124 valence electrons. The van der Waals surface area contributed by atoms with Gasteiger partial charge in [0.15, 0.2) is 0 Å². The summed E-state index contributed by atoms with van der Waals surface area (Å²) >= 11 is 12.1. The fourth-order valence-corrected chi connectivity index (χ4v) is 2.67. The molecule has 0 saturated carbocycles. The van der Waals surface area contributed by atoms with Crippen molar-refractivity contribution in [3.63, 3.8) is 0 Å². The van der Waals surface area contributed by atoms with Gasteiger partial charge < -0.3 is 10.6 Å². The van der Waals surface area contributed by atoms with Crippen molar-refractivity contribution in [3.8, 4) is 6.07 Å². The first-order valence-corrected chi connectivity index (χ1v) is 8.14. The number of halogens is 2. The number of aromatic nitrogens is 2. The Hall–Kier alpha value is -2.81. The lowest BCUT2D eigenvalue weighted by Crippen LogP contribution is -2.02. The molecule has 0 atom stereocenters. The van der Waals surface area contributed by atoms with Crippen molar-refractivity contribution in [2.24, 2.45) is 0 Å². The molecule has 7 heteroatoms. The molecule has 2 aromatic carbocycles. The Bertz CT molecular complexity index is 966. The lowest BCUT2D eigenvalue weighted by molar-refractivity contribution is 1.11. The zero-order valence-electron chi connectivity index (χ0n) is 13.2. The van der Waals surface area contributed by atoms with Crippen LogP contribution in [0.3, 0.4) is 0 Å². The zero-order valence-corrected chi connectivity index (χ0v) is 14.7. The van der Waals surface area contributed by atoms with Gasteiger partial charge in [-0.25, -0.2) is 4.98 Å². The maximum Gasteiger partial charge on any atom is 0.229 e. The number of nitrogens with zero attached hydrogens (tertiary/aromatic N) is 3. The fraction of sp³-hybridized carbons (Fsp3) is 0.0556. The third-order valence-corrected chi connectivity index (χ3v) is 3.84. The molecule has 0 unspecified atom stereocenters. The standard InChI is InChI=1S/C18H13Cl2N5/c1-11-7-17(23-14-4-2-3-12(8-14)10-21)25-18(22-11)24-16-6-5-13(19)9-15(16)20/h2-9H,1H3,(H2,22,23,24,25). The summed E-state index contributed by atoms with van der Waals surface area (Å²) in [6.45, 7) is 1.87. The van der Waals surface area contributed by atoms with Gasteiger partial charge in [-0.1, -0.05) is 29.3 Å². The molecule has 0 aliphatic rings. The van der Waals surface area contributed by atoms with E-state index < -0.39 is 0 Å². The first-order valence-electron chi connectivity index (χ1n) is 7.38. The van der Waals surface area contributed by atoms with Gasteiger partial charge in [-0.2, -0.15) is 10.2 Å². The molecule has 3 aromatic rings. The fourth-order valence-electron chi connectivity index (χ4n) is 2.21. The lowest BCUT2D eigenvalue weighted by atomic mass is 10.2. The molecule has 2 N–H and O–H groups in total. The van der Waals surface area contributed by atoms with E-state index in [1.807, 2.05) is 25.1 Å². The van der Waals surface area contributed by atoms with Crippen molar-refractivity contribution in [1.82, 2.24) is 9.97 Å². The number of nitrogens with one attached hydrogen (secondary N) is 2. The molecular formula is C18H13Cl2N5. The maximum absolute atomic E-state index is 8.99. The minimum Gasteiger partial charge on any atom is -0.340 e. The molecule has 0 aliphatic carbocycles. The van der Waals surface area contributed by atoms with Gasteiger partial charge in [0.1, 0.15) is 5.82 Å². The van der Waals surface area contributed by atoms with Crippen molar-refractivity contribution >= 4 is 46.3 Å². The SMILES string of the molecule is Cc1cc(Nc2cccc(C#N)c2)nc(Nc2ccc(Cl)cc2Cl)n1. The number of nitriles is 1. The highest BCUT2D eigenvalue weighted by Crippen LogP contribution is 2.28. The van der Waals surface area contributed by atoms with Crippen molar-refractivity contribution in [2.75, 3.05) is 10.6 Å². The lowest BCUT2D eigenvalue weighted by Gasteiger charge is -2.11. The van der Waals surface area contributed by atoms with Gasteiger partial charge in [0.2, 0.25) is 5.95 Å². The number of rotatable bonds is 4. The van der Waals surface area contributed by atoms with Gasteiger partial charge in [0.25, 0.3) is 0 Å². The van der Waals surface area contributed by atoms with Crippen LogP contribution in [0.25, 0.3) is 0 Å². The number of hydrogen-bond acceptors (Lipinski definition) is 5. The number of aryl methyl sites for hydroxylation is 1. The summed E-state index contributed by atoms with van der Waals surface area (Å²) in [6, 6.07) is 16.2. The second-order valence-corrected chi connectivity index (χ2v) is 6.13. The number of benzene rings is 2. The minimum atomic E-state index is 0.406. The summed E-state index contributed by atoms with van der Waals surface area (Å²) < 4.78 is 0. The average molecular weight is 370 g/mol. The highest BCUT2D eigenvalue weighted by Gasteiger charge is 2.07. The summed E-state index contributed by atoms with van der Waals surface area (Å²) in [5.41, 5.74) is 2.78. The van der Waals surface area contributed by atoms with E-state index in [1.54, 1.807) is 30.3 Å². The van der Waals surface area contributed by atoms with Crippen molar-refractivity contribution in [2.45, 2.75) is 6.92 Å². The number of hydrogen-bond donors (Lipinski definition) is 2. The van der Waals surface area contributed by atoms with Crippen LogP contribution in [0.2, 0.25) is 10.0 Å². The van der Waals surface area contributed by atoms with E-state index in [4.69, 9.17) is 28.5 Å². The van der Waals surface area contributed by atoms with E-state index in [0.717, 1.165) is 11.4 Å². The monoisotopic (exact) mass is 369 g/mol. The van der Waals surface area contributed by atoms with Crippen molar-refractivity contribution < 1.29 is 0 Å². The van der Waals surface area contributed by atoms with Crippen LogP contribution >= 0.6 is 23.2 Å². The first kappa shape index (κ1) is 17.0. The molecule has 3 rings (SSSR count). The van der Waals surface area contributed by atoms with Crippen molar-refractivity contribution in [3.05, 3.63) is 69.8 Å². The highest BCUT2D eigenvalue weighted by atomic mass is 35.5. The second-order valence-electron chi connectivity index (χ2n) is 5.28. The normalized spacial score (nSPS) is 10.2. The minimum absolute atomic E-state index is 0.406. The third kappa shape index (κ3) is 4.38. The molecular weight excluding hydrogens is 357 g/mol. The van der Waals surface area contributed by atoms with E-state index >= 15 is 0 Å². The van der Waals surface area contributed by atoms with E-state index in [1.165, 1.54) is 0 Å². The van der Waals surface area contributed by atoms with Crippen LogP contribution < -0.4 is 10.6 Å². The summed E-state index contributed by atoms with van der Waals surface area (Å²) in [7, 11) is 0. The quantitative estimate of drug-likeness (QED) is 0.639. The molecule has 1 heterocycles. The van der Waals surface area contributed by atoms with Crippen LogP contribution in [0, 0.1) is 18.3 Å². The molecule has 0 spiro atoms. The summed E-state index contributed by atoms with van der Waals surface area (Å²) in [5.74, 6) is 1.01. The Kier molecular flexibility index (Phi) is 5.03. The summed E-state index contributed by atoms with van der Waals surface area (Å²) in [6.07, 6.45) is 0. The Balaban J connectivity index is 1.86. The second kappa shape index (κ2) is 7.39. The molecule has 0 radical (unpaired) electrons. The topological polar surface area (TPSA) is 73.6 Å². The van der Waals surface area contributed by atoms with Gasteiger partial charge >= 0.3 is 0 Å². The largest absolute Gasteiger partial charge is 0.340 e. The molecule has 5 nitrogen and oxygen atoms in total. The van der Waals surface area contributed by atoms with Crippen LogP contribution in [0.5, 0.6) is 0 Å². The van der Waals surface area contributed by atoms with Crippen LogP contribution in [0.1, 0.15) is 11.3 Å². The van der Waals surface area contributed by atoms with Gasteiger partial charge in [0, 0.05) is 22.5 Å². The van der Waals surface area contributed by atoms with Gasteiger partial charge in [-0.15, -0.1) is 0 Å². The smallest absolute Gasteiger partial charge is 0.229 e. The Morgan fingerprint density at radius 1 is 1.00 bits per heavy atom. The summed E-state index contributed by atoms with van der Waals surface area (Å²) in [5, 5.41) is 16.3. The predicted molar refractivity (Wildman–Crippen MR) is 101 cm³/mol. The third-order valence-electron chi connectivity index (χ3n) is 3.30. The maximum atomic E-state index is 8.99. The van der Waals surface area contributed by atoms with E-state index in [-0.39, 0.29) is 0 Å². The summed E-state index contributed by atoms with van der Waals surface area (Å²) in [4.78, 5) is 8.80. The van der Waals surface area contributed by atoms with Crippen LogP contribution in [0.15, 0.2) is 48.5 Å².